The quantitative estimate of drug-likeness (QED) is 0.696. The second kappa shape index (κ2) is 3.43. The Morgan fingerprint density at radius 3 is 2.94 bits per heavy atom. The highest BCUT2D eigenvalue weighted by Crippen LogP contribution is 2.29. The van der Waals surface area contributed by atoms with Gasteiger partial charge in [0.2, 0.25) is 5.95 Å². The van der Waals surface area contributed by atoms with Crippen LogP contribution in [0.5, 0.6) is 0 Å². The number of aromatic amines is 1. The third-order valence-electron chi connectivity index (χ3n) is 2.06. The Hall–Kier alpha value is -1.66. The van der Waals surface area contributed by atoms with Gasteiger partial charge in [0.05, 0.1) is 10.2 Å². The maximum absolute atomic E-state index is 5.90. The van der Waals surface area contributed by atoms with E-state index in [0.29, 0.717) is 10.8 Å². The molecule has 0 aliphatic rings. The number of nitrogens with two attached hydrogens (primary N) is 1. The minimum atomic E-state index is 0.215. The van der Waals surface area contributed by atoms with Gasteiger partial charge < -0.3 is 5.73 Å². The Labute approximate surface area is 99.3 Å². The molecule has 16 heavy (non-hydrogen) atoms. The summed E-state index contributed by atoms with van der Waals surface area (Å²) in [7, 11) is 0. The number of nitrogens with zero attached hydrogens (tertiary/aromatic N) is 3. The van der Waals surface area contributed by atoms with Crippen LogP contribution in [0.3, 0.4) is 0 Å². The van der Waals surface area contributed by atoms with Gasteiger partial charge in [0, 0.05) is 5.02 Å². The highest BCUT2D eigenvalue weighted by molar-refractivity contribution is 7.21. The smallest absolute Gasteiger partial charge is 0.239 e. The van der Waals surface area contributed by atoms with Crippen molar-refractivity contribution in [2.75, 3.05) is 5.73 Å². The fourth-order valence-electron chi connectivity index (χ4n) is 1.37. The number of anilines is 1. The first-order valence-electron chi connectivity index (χ1n) is 4.47. The van der Waals surface area contributed by atoms with E-state index in [9.17, 15) is 0 Å². The average molecular weight is 252 g/mol. The molecule has 0 spiro atoms. The van der Waals surface area contributed by atoms with Gasteiger partial charge in [-0.2, -0.15) is 4.98 Å². The molecule has 80 valence electrons. The topological polar surface area (TPSA) is 80.5 Å². The Bertz CT molecular complexity index is 659. The number of fused-ring (bicyclic) bond motifs is 1. The lowest BCUT2D eigenvalue weighted by Gasteiger charge is -1.86. The van der Waals surface area contributed by atoms with Crippen molar-refractivity contribution in [3.05, 3.63) is 23.2 Å². The fourth-order valence-corrected chi connectivity index (χ4v) is 2.55. The monoisotopic (exact) mass is 251 g/mol. The zero-order valence-corrected chi connectivity index (χ0v) is 9.51. The standard InChI is InChI=1S/C9H6ClN5S/c10-4-1-2-5-6(3-4)16-8(12-5)7-13-9(11)15-14-7/h1-3H,(H3,11,13,14,15). The summed E-state index contributed by atoms with van der Waals surface area (Å²) in [4.78, 5) is 8.43. The highest BCUT2D eigenvalue weighted by Gasteiger charge is 2.09. The molecule has 0 aliphatic heterocycles. The maximum Gasteiger partial charge on any atom is 0.239 e. The second-order valence-electron chi connectivity index (χ2n) is 3.17. The van der Waals surface area contributed by atoms with E-state index in [0.717, 1.165) is 15.2 Å². The molecule has 3 aromatic rings. The van der Waals surface area contributed by atoms with Crippen LogP contribution in [-0.2, 0) is 0 Å². The van der Waals surface area contributed by atoms with Crippen LogP contribution in [0.4, 0.5) is 5.95 Å². The van der Waals surface area contributed by atoms with Crippen LogP contribution in [0, 0.1) is 0 Å². The number of benzene rings is 1. The van der Waals surface area contributed by atoms with Crippen LogP contribution in [0.25, 0.3) is 21.0 Å². The molecule has 3 rings (SSSR count). The fraction of sp³-hybridized carbons (Fsp3) is 0. The van der Waals surface area contributed by atoms with Gasteiger partial charge in [-0.1, -0.05) is 11.6 Å². The molecular weight excluding hydrogens is 246 g/mol. The molecule has 2 heterocycles. The highest BCUT2D eigenvalue weighted by atomic mass is 35.5. The van der Waals surface area contributed by atoms with Crippen molar-refractivity contribution in [1.82, 2.24) is 20.2 Å². The van der Waals surface area contributed by atoms with Gasteiger partial charge in [0.15, 0.2) is 10.8 Å². The number of H-pyrrole nitrogens is 1. The molecule has 1 aromatic carbocycles. The summed E-state index contributed by atoms with van der Waals surface area (Å²) in [5.41, 5.74) is 6.32. The summed E-state index contributed by atoms with van der Waals surface area (Å²) in [5, 5.41) is 7.93. The molecule has 0 atom stereocenters. The largest absolute Gasteiger partial charge is 0.366 e. The Morgan fingerprint density at radius 1 is 1.31 bits per heavy atom. The van der Waals surface area contributed by atoms with E-state index in [-0.39, 0.29) is 5.95 Å². The van der Waals surface area contributed by atoms with Crippen molar-refractivity contribution in [3.63, 3.8) is 0 Å². The first-order chi connectivity index (χ1) is 7.72. The lowest BCUT2D eigenvalue weighted by molar-refractivity contribution is 1.10. The predicted octanol–water partition coefficient (Wildman–Crippen LogP) is 2.32. The van der Waals surface area contributed by atoms with Crippen LogP contribution in [0.1, 0.15) is 0 Å². The lowest BCUT2D eigenvalue weighted by atomic mass is 10.3. The molecule has 0 fully saturated rings. The molecule has 5 nitrogen and oxygen atoms in total. The summed E-state index contributed by atoms with van der Waals surface area (Å²) < 4.78 is 1.01. The summed E-state index contributed by atoms with van der Waals surface area (Å²) in [6.07, 6.45) is 0. The van der Waals surface area contributed by atoms with Gasteiger partial charge in [-0.3, -0.25) is 5.10 Å². The van der Waals surface area contributed by atoms with Gasteiger partial charge in [0.25, 0.3) is 0 Å². The number of aromatic nitrogens is 4. The molecule has 3 N–H and O–H groups in total. The summed E-state index contributed by atoms with van der Waals surface area (Å²) in [6.45, 7) is 0. The van der Waals surface area contributed by atoms with Crippen molar-refractivity contribution in [2.45, 2.75) is 0 Å². The van der Waals surface area contributed by atoms with Crippen molar-refractivity contribution >= 4 is 39.1 Å². The number of thiazole rings is 1. The van der Waals surface area contributed by atoms with E-state index in [2.05, 4.69) is 20.2 Å². The van der Waals surface area contributed by atoms with Crippen LogP contribution in [0.2, 0.25) is 5.02 Å². The van der Waals surface area contributed by atoms with E-state index in [1.807, 2.05) is 18.2 Å². The van der Waals surface area contributed by atoms with E-state index in [1.54, 1.807) is 0 Å². The molecule has 0 bridgehead atoms. The van der Waals surface area contributed by atoms with Gasteiger partial charge >= 0.3 is 0 Å². The van der Waals surface area contributed by atoms with Gasteiger partial charge in [0.1, 0.15) is 0 Å². The van der Waals surface area contributed by atoms with Crippen molar-refractivity contribution < 1.29 is 0 Å². The average Bonchev–Trinajstić information content (AvgIpc) is 2.83. The minimum Gasteiger partial charge on any atom is -0.366 e. The normalized spacial score (nSPS) is 11.1. The Morgan fingerprint density at radius 2 is 2.19 bits per heavy atom. The molecule has 0 saturated heterocycles. The summed E-state index contributed by atoms with van der Waals surface area (Å²) in [6, 6.07) is 5.55. The van der Waals surface area contributed by atoms with Crippen molar-refractivity contribution in [2.24, 2.45) is 0 Å². The second-order valence-corrected chi connectivity index (χ2v) is 4.64. The molecule has 0 radical (unpaired) electrons. The van der Waals surface area contributed by atoms with Gasteiger partial charge in [-0.05, 0) is 18.2 Å². The van der Waals surface area contributed by atoms with Crippen molar-refractivity contribution in [1.29, 1.82) is 0 Å². The Kier molecular flexibility index (Phi) is 2.05. The van der Waals surface area contributed by atoms with Crippen LogP contribution in [-0.4, -0.2) is 20.2 Å². The van der Waals surface area contributed by atoms with Gasteiger partial charge in [-0.15, -0.1) is 16.4 Å². The number of nitrogen functional groups attached to an aromatic ring is 1. The maximum atomic E-state index is 5.90. The molecule has 2 aromatic heterocycles. The van der Waals surface area contributed by atoms with Crippen LogP contribution < -0.4 is 5.73 Å². The molecule has 0 amide bonds. The molecule has 0 unspecified atom stereocenters. The van der Waals surface area contributed by atoms with E-state index >= 15 is 0 Å². The summed E-state index contributed by atoms with van der Waals surface area (Å²) in [5.74, 6) is 0.794. The zero-order chi connectivity index (χ0) is 11.1. The molecular formula is C9H6ClN5S. The number of hydrogen-bond donors (Lipinski definition) is 2. The van der Waals surface area contributed by atoms with E-state index < -0.39 is 0 Å². The number of halogens is 1. The Balaban J connectivity index is 2.18. The SMILES string of the molecule is Nc1n[nH]c(-c2nc3ccc(Cl)cc3s2)n1. The van der Waals surface area contributed by atoms with E-state index in [1.165, 1.54) is 11.3 Å². The first kappa shape index (κ1) is 9.56. The first-order valence-corrected chi connectivity index (χ1v) is 5.66. The number of rotatable bonds is 1. The van der Waals surface area contributed by atoms with Crippen LogP contribution >= 0.6 is 22.9 Å². The lowest BCUT2D eigenvalue weighted by Crippen LogP contribution is -1.85. The van der Waals surface area contributed by atoms with Gasteiger partial charge in [-0.25, -0.2) is 4.98 Å². The molecule has 0 aliphatic carbocycles. The number of nitrogens with one attached hydrogen (secondary N) is 1. The minimum absolute atomic E-state index is 0.215. The number of hydrogen-bond acceptors (Lipinski definition) is 5. The third kappa shape index (κ3) is 1.52. The van der Waals surface area contributed by atoms with Crippen LogP contribution in [0.15, 0.2) is 18.2 Å². The molecule has 0 saturated carbocycles. The third-order valence-corrected chi connectivity index (χ3v) is 3.32. The predicted molar refractivity (Wildman–Crippen MR) is 64.4 cm³/mol. The van der Waals surface area contributed by atoms with E-state index in [4.69, 9.17) is 17.3 Å². The summed E-state index contributed by atoms with van der Waals surface area (Å²) >= 11 is 7.39. The molecule has 7 heteroatoms. The van der Waals surface area contributed by atoms with Crippen molar-refractivity contribution in [3.8, 4) is 10.8 Å². The zero-order valence-electron chi connectivity index (χ0n) is 7.94.